The molecule has 1 aliphatic heterocycles. The number of amides is 1. The predicted octanol–water partition coefficient (Wildman–Crippen LogP) is 3.17. The number of aromatic nitrogens is 3. The van der Waals surface area contributed by atoms with E-state index in [4.69, 9.17) is 0 Å². The van der Waals surface area contributed by atoms with Crippen LogP contribution in [-0.2, 0) is 18.4 Å². The van der Waals surface area contributed by atoms with Crippen LogP contribution in [0.25, 0.3) is 10.9 Å². The van der Waals surface area contributed by atoms with Crippen LogP contribution < -0.4 is 15.1 Å². The van der Waals surface area contributed by atoms with Crippen molar-refractivity contribution in [1.29, 1.82) is 0 Å². The Hall–Kier alpha value is -3.68. The molecule has 166 valence electrons. The van der Waals surface area contributed by atoms with Gasteiger partial charge >= 0.3 is 0 Å². The van der Waals surface area contributed by atoms with E-state index in [1.807, 2.05) is 13.1 Å². The third kappa shape index (κ3) is 4.34. The summed E-state index contributed by atoms with van der Waals surface area (Å²) in [5.41, 5.74) is 3.53. The number of anilines is 2. The lowest BCUT2D eigenvalue weighted by molar-refractivity contribution is -0.122. The highest BCUT2D eigenvalue weighted by Crippen LogP contribution is 2.25. The summed E-state index contributed by atoms with van der Waals surface area (Å²) in [5, 5.41) is 4.35. The average Bonchev–Trinajstić information content (AvgIpc) is 3.41. The van der Waals surface area contributed by atoms with Gasteiger partial charge in [-0.1, -0.05) is 6.07 Å². The maximum absolute atomic E-state index is 13.1. The minimum atomic E-state index is -0.240. The number of nitrogens with one attached hydrogen (secondary N) is 1. The van der Waals surface area contributed by atoms with Crippen molar-refractivity contribution in [2.45, 2.75) is 32.4 Å². The molecule has 0 spiro atoms. The van der Waals surface area contributed by atoms with Crippen LogP contribution in [0.15, 0.2) is 54.1 Å². The Morgan fingerprint density at radius 3 is 3.06 bits per heavy atom. The molecule has 0 radical (unpaired) electrons. The van der Waals surface area contributed by atoms with Gasteiger partial charge < -0.3 is 19.7 Å². The monoisotopic (exact) mass is 431 g/mol. The lowest BCUT2D eigenvalue weighted by atomic mass is 10.1. The number of aryl methyl sites for hydroxylation is 2. The number of carbonyl (C=O) groups is 1. The quantitative estimate of drug-likeness (QED) is 0.582. The van der Waals surface area contributed by atoms with Gasteiger partial charge in [-0.3, -0.25) is 9.79 Å². The summed E-state index contributed by atoms with van der Waals surface area (Å²) < 4.78 is 2.13. The van der Waals surface area contributed by atoms with Crippen molar-refractivity contribution in [3.63, 3.8) is 0 Å². The Morgan fingerprint density at radius 2 is 2.25 bits per heavy atom. The molecule has 1 saturated heterocycles. The van der Waals surface area contributed by atoms with Gasteiger partial charge in [-0.25, -0.2) is 4.98 Å². The molecule has 1 aromatic carbocycles. The van der Waals surface area contributed by atoms with E-state index in [1.165, 1.54) is 16.5 Å². The first-order chi connectivity index (χ1) is 15.5. The lowest BCUT2D eigenvalue weighted by Gasteiger charge is -2.25. The summed E-state index contributed by atoms with van der Waals surface area (Å²) in [5.74, 6) is 1.32. The SMILES string of the molecule is C=N/C=C\N(C)c1nccc(N2CCC[C@@H]2C(=O)NCc2ccc3c(c2)c(C)cn3C)n1. The first-order valence-electron chi connectivity index (χ1n) is 10.7. The van der Waals surface area contributed by atoms with Crippen molar-refractivity contribution in [3.05, 3.63) is 60.2 Å². The van der Waals surface area contributed by atoms with E-state index in [1.54, 1.807) is 23.5 Å². The molecule has 0 bridgehead atoms. The van der Waals surface area contributed by atoms with Crippen LogP contribution in [0, 0.1) is 6.92 Å². The first kappa shape index (κ1) is 21.5. The third-order valence-electron chi connectivity index (χ3n) is 5.91. The van der Waals surface area contributed by atoms with Crippen LogP contribution in [-0.4, -0.2) is 46.8 Å². The fourth-order valence-electron chi connectivity index (χ4n) is 4.25. The molecule has 1 amide bonds. The Kier molecular flexibility index (Phi) is 6.20. The maximum atomic E-state index is 13.1. The van der Waals surface area contributed by atoms with Crippen molar-refractivity contribution >= 4 is 35.3 Å². The highest BCUT2D eigenvalue weighted by atomic mass is 16.2. The Bertz CT molecular complexity index is 1170. The minimum Gasteiger partial charge on any atom is -0.350 e. The molecule has 0 aliphatic carbocycles. The molecule has 1 atom stereocenters. The maximum Gasteiger partial charge on any atom is 0.243 e. The van der Waals surface area contributed by atoms with Crippen molar-refractivity contribution in [2.75, 3.05) is 23.4 Å². The molecule has 3 aromatic rings. The minimum absolute atomic E-state index is 0.0247. The zero-order valence-electron chi connectivity index (χ0n) is 18.8. The molecule has 4 rings (SSSR count). The second-order valence-electron chi connectivity index (χ2n) is 8.15. The van der Waals surface area contributed by atoms with Crippen molar-refractivity contribution in [1.82, 2.24) is 19.9 Å². The molecule has 0 saturated carbocycles. The van der Waals surface area contributed by atoms with Gasteiger partial charge in [-0.15, -0.1) is 0 Å². The number of aliphatic imine (C=N–C) groups is 1. The molecule has 32 heavy (non-hydrogen) atoms. The van der Waals surface area contributed by atoms with E-state index in [9.17, 15) is 4.79 Å². The van der Waals surface area contributed by atoms with Crippen molar-refractivity contribution < 1.29 is 4.79 Å². The highest BCUT2D eigenvalue weighted by molar-refractivity contribution is 5.86. The van der Waals surface area contributed by atoms with Crippen LogP contribution in [0.2, 0.25) is 0 Å². The van der Waals surface area contributed by atoms with Crippen LogP contribution in [0.5, 0.6) is 0 Å². The van der Waals surface area contributed by atoms with Gasteiger partial charge in [0, 0.05) is 62.9 Å². The Morgan fingerprint density at radius 1 is 1.41 bits per heavy atom. The first-order valence-corrected chi connectivity index (χ1v) is 10.7. The van der Waals surface area contributed by atoms with E-state index < -0.39 is 0 Å². The summed E-state index contributed by atoms with van der Waals surface area (Å²) in [4.78, 5) is 29.6. The molecule has 1 aliphatic rings. The fraction of sp³-hybridized carbons (Fsp3) is 0.333. The topological polar surface area (TPSA) is 78.7 Å². The number of hydrogen-bond donors (Lipinski definition) is 1. The van der Waals surface area contributed by atoms with Crippen molar-refractivity contribution in [3.8, 4) is 0 Å². The van der Waals surface area contributed by atoms with E-state index in [0.29, 0.717) is 12.5 Å². The molecule has 1 N–H and O–H groups in total. The van der Waals surface area contributed by atoms with Gasteiger partial charge in [0.25, 0.3) is 0 Å². The number of benzene rings is 1. The molecule has 2 aromatic heterocycles. The number of fused-ring (bicyclic) bond motifs is 1. The molecule has 3 heterocycles. The largest absolute Gasteiger partial charge is 0.350 e. The molecule has 8 nitrogen and oxygen atoms in total. The molecular formula is C24H29N7O. The molecular weight excluding hydrogens is 402 g/mol. The second kappa shape index (κ2) is 9.21. The Labute approximate surface area is 188 Å². The van der Waals surface area contributed by atoms with E-state index in [0.717, 1.165) is 30.8 Å². The van der Waals surface area contributed by atoms with Gasteiger partial charge in [0.15, 0.2) is 0 Å². The fourth-order valence-corrected chi connectivity index (χ4v) is 4.25. The summed E-state index contributed by atoms with van der Waals surface area (Å²) in [6.07, 6.45) is 8.91. The molecule has 1 fully saturated rings. The summed E-state index contributed by atoms with van der Waals surface area (Å²) in [6, 6.07) is 7.96. The number of hydrogen-bond acceptors (Lipinski definition) is 6. The zero-order valence-corrected chi connectivity index (χ0v) is 18.8. The number of nitrogens with zero attached hydrogens (tertiary/aromatic N) is 6. The Balaban J connectivity index is 1.45. The van der Waals surface area contributed by atoms with E-state index in [2.05, 4.69) is 74.8 Å². The normalized spacial score (nSPS) is 16.1. The summed E-state index contributed by atoms with van der Waals surface area (Å²) >= 11 is 0. The van der Waals surface area contributed by atoms with Gasteiger partial charge in [-0.2, -0.15) is 4.98 Å². The van der Waals surface area contributed by atoms with E-state index >= 15 is 0 Å². The van der Waals surface area contributed by atoms with Gasteiger partial charge in [0.2, 0.25) is 11.9 Å². The van der Waals surface area contributed by atoms with Gasteiger partial charge in [-0.05, 0) is 55.8 Å². The lowest BCUT2D eigenvalue weighted by Crippen LogP contribution is -2.43. The predicted molar refractivity (Wildman–Crippen MR) is 129 cm³/mol. The number of carbonyl (C=O) groups excluding carboxylic acids is 1. The molecule has 0 unspecified atom stereocenters. The summed E-state index contributed by atoms with van der Waals surface area (Å²) in [7, 11) is 3.90. The average molecular weight is 432 g/mol. The second-order valence-corrected chi connectivity index (χ2v) is 8.15. The molecule has 8 heteroatoms. The summed E-state index contributed by atoms with van der Waals surface area (Å²) in [6.45, 7) is 6.84. The standard InChI is InChI=1S/C24H29N7O/c1-17-16-30(4)20-8-7-18(14-19(17)20)15-27-23(32)21-6-5-12-31(21)22-9-10-26-24(28-22)29(3)13-11-25-2/h7-11,13-14,16,21H,2,5-6,12,15H2,1,3-4H3,(H,27,32)/b13-11-/t21-/m1/s1. The van der Waals surface area contributed by atoms with Gasteiger partial charge in [0.1, 0.15) is 11.9 Å². The van der Waals surface area contributed by atoms with Crippen LogP contribution >= 0.6 is 0 Å². The highest BCUT2D eigenvalue weighted by Gasteiger charge is 2.31. The third-order valence-corrected chi connectivity index (χ3v) is 5.91. The van der Waals surface area contributed by atoms with Crippen LogP contribution in [0.3, 0.4) is 0 Å². The smallest absolute Gasteiger partial charge is 0.243 e. The number of rotatable bonds is 7. The zero-order chi connectivity index (χ0) is 22.7. The van der Waals surface area contributed by atoms with E-state index in [-0.39, 0.29) is 11.9 Å². The van der Waals surface area contributed by atoms with Crippen LogP contribution in [0.4, 0.5) is 11.8 Å². The van der Waals surface area contributed by atoms with Gasteiger partial charge in [0.05, 0.1) is 0 Å². The van der Waals surface area contributed by atoms with Crippen LogP contribution in [0.1, 0.15) is 24.0 Å². The van der Waals surface area contributed by atoms with Crippen molar-refractivity contribution in [2.24, 2.45) is 12.0 Å².